The van der Waals surface area contributed by atoms with Gasteiger partial charge in [0.15, 0.2) is 0 Å². The molecule has 1 fully saturated rings. The number of hydrogen-bond acceptors (Lipinski definition) is 1. The number of halogens is 3. The Morgan fingerprint density at radius 2 is 1.75 bits per heavy atom. The van der Waals surface area contributed by atoms with E-state index in [0.717, 1.165) is 31.5 Å². The van der Waals surface area contributed by atoms with Crippen LogP contribution in [0.4, 0.5) is 18.9 Å². The van der Waals surface area contributed by atoms with E-state index in [1.807, 2.05) is 0 Å². The normalized spacial score (nSPS) is 23.9. The van der Waals surface area contributed by atoms with Crippen molar-refractivity contribution >= 4 is 5.69 Å². The summed E-state index contributed by atoms with van der Waals surface area (Å²) in [4.78, 5) is 2.29. The Labute approximate surface area is 118 Å². The van der Waals surface area contributed by atoms with E-state index in [0.29, 0.717) is 12.0 Å². The second kappa shape index (κ2) is 6.06. The minimum absolute atomic E-state index is 0.450. The second-order valence-corrected chi connectivity index (χ2v) is 5.52. The highest BCUT2D eigenvalue weighted by Gasteiger charge is 2.32. The van der Waals surface area contributed by atoms with Gasteiger partial charge in [-0.05, 0) is 49.4 Å². The first kappa shape index (κ1) is 15.2. The lowest BCUT2D eigenvalue weighted by molar-refractivity contribution is -0.137. The van der Waals surface area contributed by atoms with Crippen LogP contribution in [0.15, 0.2) is 24.3 Å². The van der Waals surface area contributed by atoms with Gasteiger partial charge in [0.05, 0.1) is 5.56 Å². The van der Waals surface area contributed by atoms with Gasteiger partial charge in [0.2, 0.25) is 0 Å². The molecule has 0 aromatic heterocycles. The van der Waals surface area contributed by atoms with Gasteiger partial charge in [0.1, 0.15) is 0 Å². The molecule has 1 aliphatic heterocycles. The summed E-state index contributed by atoms with van der Waals surface area (Å²) in [6.45, 7) is 5.31. The fraction of sp³-hybridized carbons (Fsp3) is 0.625. The first-order valence-corrected chi connectivity index (χ1v) is 7.41. The van der Waals surface area contributed by atoms with E-state index in [1.54, 1.807) is 12.1 Å². The van der Waals surface area contributed by atoms with Gasteiger partial charge in [0.25, 0.3) is 0 Å². The lowest BCUT2D eigenvalue weighted by Gasteiger charge is -2.42. The molecule has 0 spiro atoms. The van der Waals surface area contributed by atoms with Crippen LogP contribution >= 0.6 is 0 Å². The van der Waals surface area contributed by atoms with E-state index in [1.165, 1.54) is 18.6 Å². The van der Waals surface area contributed by atoms with Crippen molar-refractivity contribution in [1.82, 2.24) is 0 Å². The monoisotopic (exact) mass is 285 g/mol. The van der Waals surface area contributed by atoms with Crippen molar-refractivity contribution in [3.63, 3.8) is 0 Å². The third-order valence-electron chi connectivity index (χ3n) is 4.39. The summed E-state index contributed by atoms with van der Waals surface area (Å²) in [6, 6.07) is 6.06. The van der Waals surface area contributed by atoms with Crippen molar-refractivity contribution in [3.05, 3.63) is 29.8 Å². The molecule has 2 atom stereocenters. The number of alkyl halides is 3. The van der Waals surface area contributed by atoms with Crippen molar-refractivity contribution in [1.29, 1.82) is 0 Å². The van der Waals surface area contributed by atoms with E-state index in [-0.39, 0.29) is 0 Å². The molecule has 20 heavy (non-hydrogen) atoms. The third kappa shape index (κ3) is 3.10. The molecule has 1 aromatic carbocycles. The van der Waals surface area contributed by atoms with Gasteiger partial charge in [-0.1, -0.05) is 20.3 Å². The topological polar surface area (TPSA) is 3.24 Å². The molecule has 1 aromatic rings. The molecule has 0 saturated carbocycles. The van der Waals surface area contributed by atoms with Crippen molar-refractivity contribution in [2.45, 2.75) is 51.7 Å². The van der Waals surface area contributed by atoms with Gasteiger partial charge in [-0.25, -0.2) is 0 Å². The molecule has 4 heteroatoms. The number of piperidine rings is 1. The number of nitrogens with zero attached hydrogens (tertiary/aromatic N) is 1. The van der Waals surface area contributed by atoms with Crippen molar-refractivity contribution < 1.29 is 13.2 Å². The Morgan fingerprint density at radius 3 is 2.25 bits per heavy atom. The Hall–Kier alpha value is -1.19. The molecule has 0 bridgehead atoms. The average Bonchev–Trinajstić information content (AvgIpc) is 2.45. The van der Waals surface area contributed by atoms with Crippen LogP contribution in [-0.2, 0) is 6.18 Å². The van der Waals surface area contributed by atoms with Crippen molar-refractivity contribution in [3.8, 4) is 0 Å². The maximum atomic E-state index is 12.6. The summed E-state index contributed by atoms with van der Waals surface area (Å²) in [5.74, 6) is 0.649. The van der Waals surface area contributed by atoms with Crippen LogP contribution in [0.1, 0.15) is 45.1 Å². The molecular formula is C16H22F3N. The molecule has 0 aliphatic carbocycles. The maximum Gasteiger partial charge on any atom is 0.416 e. The van der Waals surface area contributed by atoms with Gasteiger partial charge >= 0.3 is 6.18 Å². The zero-order chi connectivity index (χ0) is 14.8. The molecule has 0 N–H and O–H groups in total. The zero-order valence-electron chi connectivity index (χ0n) is 12.1. The van der Waals surface area contributed by atoms with E-state index in [4.69, 9.17) is 0 Å². The minimum Gasteiger partial charge on any atom is -0.368 e. The predicted molar refractivity (Wildman–Crippen MR) is 75.9 cm³/mol. The standard InChI is InChI=1S/C16H22F3N/c1-3-12-6-5-11-20(15(12)4-2)14-9-7-13(8-10-14)16(17,18)19/h7-10,12,15H,3-6,11H2,1-2H3. The Balaban J connectivity index is 2.21. The second-order valence-electron chi connectivity index (χ2n) is 5.52. The van der Waals surface area contributed by atoms with E-state index >= 15 is 0 Å². The van der Waals surface area contributed by atoms with Crippen LogP contribution < -0.4 is 4.90 Å². The maximum absolute atomic E-state index is 12.6. The van der Waals surface area contributed by atoms with Crippen LogP contribution in [0.2, 0.25) is 0 Å². The number of benzene rings is 1. The van der Waals surface area contributed by atoms with Gasteiger partial charge in [-0.3, -0.25) is 0 Å². The summed E-state index contributed by atoms with van der Waals surface area (Å²) < 4.78 is 37.8. The Morgan fingerprint density at radius 1 is 1.10 bits per heavy atom. The molecule has 112 valence electrons. The van der Waals surface area contributed by atoms with E-state index in [2.05, 4.69) is 18.7 Å². The summed E-state index contributed by atoms with van der Waals surface area (Å²) in [6.07, 6.45) is 0.272. The average molecular weight is 285 g/mol. The lowest BCUT2D eigenvalue weighted by atomic mass is 9.85. The Kier molecular flexibility index (Phi) is 4.61. The smallest absolute Gasteiger partial charge is 0.368 e. The highest BCUT2D eigenvalue weighted by atomic mass is 19.4. The van der Waals surface area contributed by atoms with Crippen molar-refractivity contribution in [2.24, 2.45) is 5.92 Å². The summed E-state index contributed by atoms with van der Waals surface area (Å²) in [5.41, 5.74) is 0.348. The number of rotatable bonds is 3. The van der Waals surface area contributed by atoms with Crippen LogP contribution in [-0.4, -0.2) is 12.6 Å². The zero-order valence-corrected chi connectivity index (χ0v) is 12.1. The molecule has 1 heterocycles. The van der Waals surface area contributed by atoms with Crippen LogP contribution in [0.25, 0.3) is 0 Å². The van der Waals surface area contributed by atoms with E-state index in [9.17, 15) is 13.2 Å². The molecule has 2 unspecified atom stereocenters. The molecule has 1 aliphatic rings. The highest BCUT2D eigenvalue weighted by Crippen LogP contribution is 2.34. The van der Waals surface area contributed by atoms with E-state index < -0.39 is 11.7 Å². The fourth-order valence-corrected chi connectivity index (χ4v) is 3.33. The minimum atomic E-state index is -4.25. The molecular weight excluding hydrogens is 263 g/mol. The Bertz CT molecular complexity index is 424. The van der Waals surface area contributed by atoms with Crippen LogP contribution in [0.3, 0.4) is 0 Å². The highest BCUT2D eigenvalue weighted by molar-refractivity contribution is 5.49. The third-order valence-corrected chi connectivity index (χ3v) is 4.39. The first-order chi connectivity index (χ1) is 9.47. The molecule has 0 amide bonds. The first-order valence-electron chi connectivity index (χ1n) is 7.41. The largest absolute Gasteiger partial charge is 0.416 e. The van der Waals surface area contributed by atoms with Crippen molar-refractivity contribution in [2.75, 3.05) is 11.4 Å². The predicted octanol–water partition coefficient (Wildman–Crippen LogP) is 5.11. The molecule has 0 radical (unpaired) electrons. The quantitative estimate of drug-likeness (QED) is 0.746. The van der Waals surface area contributed by atoms with Crippen LogP contribution in [0, 0.1) is 5.92 Å². The molecule has 1 nitrogen and oxygen atoms in total. The number of hydrogen-bond donors (Lipinski definition) is 0. The van der Waals surface area contributed by atoms with Gasteiger partial charge < -0.3 is 4.90 Å². The summed E-state index contributed by atoms with van der Waals surface area (Å²) in [7, 11) is 0. The molecule has 1 saturated heterocycles. The van der Waals surface area contributed by atoms with Gasteiger partial charge in [-0.2, -0.15) is 13.2 Å². The van der Waals surface area contributed by atoms with Gasteiger partial charge in [0, 0.05) is 18.3 Å². The fourth-order valence-electron chi connectivity index (χ4n) is 3.33. The summed E-state index contributed by atoms with van der Waals surface area (Å²) in [5, 5.41) is 0. The summed E-state index contributed by atoms with van der Waals surface area (Å²) >= 11 is 0. The number of anilines is 1. The van der Waals surface area contributed by atoms with Gasteiger partial charge in [-0.15, -0.1) is 0 Å². The van der Waals surface area contributed by atoms with Crippen LogP contribution in [0.5, 0.6) is 0 Å². The SMILES string of the molecule is CCC1CCCN(c2ccc(C(F)(F)F)cc2)C1CC. The lowest BCUT2D eigenvalue weighted by Crippen LogP contribution is -2.44. The molecule has 2 rings (SSSR count).